The molecule has 0 aliphatic rings. The largest absolute Gasteiger partial charge is 0.480 e. The average Bonchev–Trinajstić information content (AvgIpc) is 1.92. The summed E-state index contributed by atoms with van der Waals surface area (Å²) in [5.41, 5.74) is -0.579. The minimum absolute atomic E-state index is 0.531. The van der Waals surface area contributed by atoms with Crippen LogP contribution in [0.5, 0.6) is 0 Å². The molecule has 0 aromatic carbocycles. The van der Waals surface area contributed by atoms with Gasteiger partial charge in [-0.3, -0.25) is 14.5 Å². The van der Waals surface area contributed by atoms with Gasteiger partial charge in [-0.2, -0.15) is 13.2 Å². The van der Waals surface area contributed by atoms with E-state index in [1.807, 2.05) is 0 Å². The lowest BCUT2D eigenvalue weighted by molar-refractivity contribution is -0.155. The second-order valence-corrected chi connectivity index (χ2v) is 4.95. The fraction of sp³-hybridized carbons (Fsp3) is 0.800. The van der Waals surface area contributed by atoms with Crippen LogP contribution in [0.25, 0.3) is 0 Å². The van der Waals surface area contributed by atoms with Crippen molar-refractivity contribution in [1.29, 1.82) is 0 Å². The van der Waals surface area contributed by atoms with Gasteiger partial charge in [0.2, 0.25) is 5.91 Å². The maximum absolute atomic E-state index is 12.2. The first-order valence-electron chi connectivity index (χ1n) is 5.21. The topological polar surface area (TPSA) is 69.6 Å². The van der Waals surface area contributed by atoms with Gasteiger partial charge in [0, 0.05) is 5.54 Å². The molecule has 0 unspecified atom stereocenters. The molecule has 0 spiro atoms. The summed E-state index contributed by atoms with van der Waals surface area (Å²) >= 11 is 0. The van der Waals surface area contributed by atoms with Crippen molar-refractivity contribution in [3.63, 3.8) is 0 Å². The highest BCUT2D eigenvalue weighted by Gasteiger charge is 2.32. The summed E-state index contributed by atoms with van der Waals surface area (Å²) in [5, 5.41) is 11.0. The van der Waals surface area contributed by atoms with Crippen LogP contribution in [-0.4, -0.2) is 53.2 Å². The molecule has 0 saturated carbocycles. The smallest absolute Gasteiger partial charge is 0.401 e. The van der Waals surface area contributed by atoms with E-state index >= 15 is 0 Å². The van der Waals surface area contributed by atoms with E-state index in [2.05, 4.69) is 5.32 Å². The number of carbonyl (C=O) groups is 2. The van der Waals surface area contributed by atoms with Crippen LogP contribution in [0.15, 0.2) is 0 Å². The van der Waals surface area contributed by atoms with Crippen LogP contribution in [0.1, 0.15) is 20.8 Å². The van der Waals surface area contributed by atoms with Crippen molar-refractivity contribution in [3.05, 3.63) is 0 Å². The van der Waals surface area contributed by atoms with E-state index in [1.165, 1.54) is 0 Å². The van der Waals surface area contributed by atoms with Crippen molar-refractivity contribution < 1.29 is 27.9 Å². The number of hydrogen-bond donors (Lipinski definition) is 2. The number of carboxylic acid groups (broad SMARTS) is 1. The summed E-state index contributed by atoms with van der Waals surface area (Å²) < 4.78 is 36.5. The van der Waals surface area contributed by atoms with Crippen LogP contribution in [0.2, 0.25) is 0 Å². The van der Waals surface area contributed by atoms with Crippen LogP contribution in [-0.2, 0) is 9.59 Å². The summed E-state index contributed by atoms with van der Waals surface area (Å²) in [7, 11) is 0. The van der Waals surface area contributed by atoms with E-state index in [1.54, 1.807) is 20.8 Å². The van der Waals surface area contributed by atoms with Gasteiger partial charge in [0.05, 0.1) is 19.6 Å². The Kier molecular flexibility index (Phi) is 5.59. The Hall–Kier alpha value is -1.31. The van der Waals surface area contributed by atoms with Crippen LogP contribution in [0, 0.1) is 0 Å². The normalized spacial score (nSPS) is 12.6. The van der Waals surface area contributed by atoms with Crippen LogP contribution >= 0.6 is 0 Å². The summed E-state index contributed by atoms with van der Waals surface area (Å²) in [6.07, 6.45) is -4.54. The van der Waals surface area contributed by atoms with E-state index in [4.69, 9.17) is 5.11 Å². The first kappa shape index (κ1) is 16.7. The van der Waals surface area contributed by atoms with Gasteiger partial charge in [-0.25, -0.2) is 0 Å². The summed E-state index contributed by atoms with van der Waals surface area (Å²) in [5.74, 6) is -2.06. The highest BCUT2D eigenvalue weighted by molar-refractivity contribution is 5.79. The molecule has 0 bridgehead atoms. The Morgan fingerprint density at radius 2 is 1.67 bits per heavy atom. The number of halogens is 3. The van der Waals surface area contributed by atoms with E-state index in [0.717, 1.165) is 0 Å². The second-order valence-electron chi connectivity index (χ2n) is 4.95. The van der Waals surface area contributed by atoms with Gasteiger partial charge in [0.15, 0.2) is 0 Å². The molecule has 0 fully saturated rings. The predicted molar refractivity (Wildman–Crippen MR) is 58.0 cm³/mol. The van der Waals surface area contributed by atoms with Crippen molar-refractivity contribution in [2.75, 3.05) is 19.6 Å². The molecule has 0 aromatic rings. The van der Waals surface area contributed by atoms with E-state index in [-0.39, 0.29) is 0 Å². The number of amides is 1. The molecule has 0 radical (unpaired) electrons. The number of carbonyl (C=O) groups excluding carboxylic acids is 1. The maximum atomic E-state index is 12.2. The molecule has 0 aliphatic carbocycles. The SMILES string of the molecule is CC(C)(C)NC(=O)CN(CC(=O)O)CC(F)(F)F. The van der Waals surface area contributed by atoms with Crippen LogP contribution < -0.4 is 5.32 Å². The summed E-state index contributed by atoms with van der Waals surface area (Å²) in [6, 6.07) is 0. The Labute approximate surface area is 103 Å². The van der Waals surface area contributed by atoms with Gasteiger partial charge in [-0.15, -0.1) is 0 Å². The maximum Gasteiger partial charge on any atom is 0.401 e. The molecular formula is C10H17F3N2O3. The molecule has 0 aliphatic heterocycles. The number of aliphatic carboxylic acids is 1. The molecule has 0 atom stereocenters. The van der Waals surface area contributed by atoms with Gasteiger partial charge in [-0.05, 0) is 20.8 Å². The monoisotopic (exact) mass is 270 g/mol. The van der Waals surface area contributed by atoms with Crippen molar-refractivity contribution in [3.8, 4) is 0 Å². The molecule has 5 nitrogen and oxygen atoms in total. The first-order chi connectivity index (χ1) is 7.89. The van der Waals surface area contributed by atoms with Crippen LogP contribution in [0.3, 0.4) is 0 Å². The Balaban J connectivity index is 4.50. The quantitative estimate of drug-likeness (QED) is 0.777. The second kappa shape index (κ2) is 6.03. The molecule has 18 heavy (non-hydrogen) atoms. The lowest BCUT2D eigenvalue weighted by Gasteiger charge is -2.25. The lowest BCUT2D eigenvalue weighted by Crippen LogP contribution is -2.48. The molecule has 106 valence electrons. The Morgan fingerprint density at radius 1 is 1.17 bits per heavy atom. The van der Waals surface area contributed by atoms with Gasteiger partial charge in [0.25, 0.3) is 0 Å². The number of rotatable bonds is 5. The third kappa shape index (κ3) is 9.88. The highest BCUT2D eigenvalue weighted by Crippen LogP contribution is 2.16. The molecule has 8 heteroatoms. The zero-order valence-corrected chi connectivity index (χ0v) is 10.5. The van der Waals surface area contributed by atoms with Crippen molar-refractivity contribution >= 4 is 11.9 Å². The minimum Gasteiger partial charge on any atom is -0.480 e. The van der Waals surface area contributed by atoms with Gasteiger partial charge >= 0.3 is 12.1 Å². The zero-order valence-electron chi connectivity index (χ0n) is 10.5. The van der Waals surface area contributed by atoms with E-state index in [9.17, 15) is 22.8 Å². The van der Waals surface area contributed by atoms with Crippen LogP contribution in [0.4, 0.5) is 13.2 Å². The third-order valence-electron chi connectivity index (χ3n) is 1.64. The number of alkyl halides is 3. The van der Waals surface area contributed by atoms with Gasteiger partial charge < -0.3 is 10.4 Å². The Bertz CT molecular complexity index is 310. The highest BCUT2D eigenvalue weighted by atomic mass is 19.4. The number of hydrogen-bond acceptors (Lipinski definition) is 3. The van der Waals surface area contributed by atoms with Crippen molar-refractivity contribution in [1.82, 2.24) is 10.2 Å². The molecule has 0 heterocycles. The van der Waals surface area contributed by atoms with Crippen molar-refractivity contribution in [2.24, 2.45) is 0 Å². The number of carboxylic acids is 1. The lowest BCUT2D eigenvalue weighted by atomic mass is 10.1. The van der Waals surface area contributed by atoms with E-state index in [0.29, 0.717) is 4.90 Å². The molecule has 1 amide bonds. The molecule has 2 N–H and O–H groups in total. The standard InChI is InChI=1S/C10H17F3N2O3/c1-9(2,3)14-7(16)4-15(5-8(17)18)6-10(11,12)13/h4-6H2,1-3H3,(H,14,16)(H,17,18). The molecule has 0 rings (SSSR count). The summed E-state index contributed by atoms with van der Waals surface area (Å²) in [6.45, 7) is 2.15. The zero-order chi connectivity index (χ0) is 14.6. The minimum atomic E-state index is -4.54. The van der Waals surface area contributed by atoms with Gasteiger partial charge in [-0.1, -0.05) is 0 Å². The third-order valence-corrected chi connectivity index (χ3v) is 1.64. The fourth-order valence-corrected chi connectivity index (χ4v) is 1.27. The van der Waals surface area contributed by atoms with Crippen molar-refractivity contribution in [2.45, 2.75) is 32.5 Å². The number of nitrogens with zero attached hydrogens (tertiary/aromatic N) is 1. The molecule has 0 aromatic heterocycles. The predicted octanol–water partition coefficient (Wildman–Crippen LogP) is 0.850. The first-order valence-corrected chi connectivity index (χ1v) is 5.21. The summed E-state index contributed by atoms with van der Waals surface area (Å²) in [4.78, 5) is 22.4. The Morgan fingerprint density at radius 3 is 2.00 bits per heavy atom. The fourth-order valence-electron chi connectivity index (χ4n) is 1.27. The molecular weight excluding hydrogens is 253 g/mol. The van der Waals surface area contributed by atoms with Gasteiger partial charge in [0.1, 0.15) is 0 Å². The average molecular weight is 270 g/mol. The molecule has 0 saturated heterocycles. The number of nitrogens with one attached hydrogen (secondary N) is 1. The van der Waals surface area contributed by atoms with E-state index < -0.39 is 43.2 Å².